The number of halogens is 1. The molecule has 1 aromatic heterocycles. The van der Waals surface area contributed by atoms with Gasteiger partial charge in [-0.1, -0.05) is 36.3 Å². The molecule has 4 aromatic rings. The number of rotatable bonds is 3. The normalized spacial score (nSPS) is 16.6. The van der Waals surface area contributed by atoms with E-state index in [0.717, 1.165) is 0 Å². The highest BCUT2D eigenvalue weighted by Crippen LogP contribution is 2.46. The molecule has 170 valence electrons. The topological polar surface area (TPSA) is 119 Å². The Bertz CT molecular complexity index is 1510. The number of nitrogens with one attached hydrogen (secondary N) is 2. The van der Waals surface area contributed by atoms with Crippen molar-refractivity contribution in [1.29, 1.82) is 0 Å². The molecule has 2 heterocycles. The van der Waals surface area contributed by atoms with Gasteiger partial charge in [-0.2, -0.15) is 0 Å². The lowest BCUT2D eigenvalue weighted by Gasteiger charge is -2.35. The van der Waals surface area contributed by atoms with Crippen LogP contribution >= 0.6 is 12.4 Å². The second-order valence-corrected chi connectivity index (χ2v) is 7.70. The molecular weight excluding hydrogens is 456 g/mol. The number of amides is 2. The van der Waals surface area contributed by atoms with Gasteiger partial charge in [-0.15, -0.1) is 18.8 Å². The molecule has 4 N–H and O–H groups in total. The highest BCUT2D eigenvalue weighted by atomic mass is 35.5. The molecule has 0 saturated carbocycles. The Kier molecular flexibility index (Phi) is 5.53. The fourth-order valence-electron chi connectivity index (χ4n) is 4.33. The van der Waals surface area contributed by atoms with E-state index in [4.69, 9.17) is 11.5 Å². The van der Waals surface area contributed by atoms with E-state index in [1.165, 1.54) is 4.90 Å². The minimum atomic E-state index is -1.83. The summed E-state index contributed by atoms with van der Waals surface area (Å²) in [4.78, 5) is 33.0. The van der Waals surface area contributed by atoms with E-state index in [2.05, 4.69) is 21.2 Å². The number of hydrogen-bond acceptors (Lipinski definition) is 4. The molecule has 1 aliphatic heterocycles. The molecule has 5 rings (SSSR count). The number of carbonyl (C=O) groups excluding carboxylic acids is 1. The predicted octanol–water partition coefficient (Wildman–Crippen LogP) is 4.22. The van der Waals surface area contributed by atoms with Gasteiger partial charge in [0.05, 0.1) is 16.7 Å². The van der Waals surface area contributed by atoms with Crippen molar-refractivity contribution >= 4 is 47.1 Å². The molecule has 8 nitrogen and oxygen atoms in total. The number of aromatic amines is 1. The first-order valence-corrected chi connectivity index (χ1v) is 10.1. The molecular formula is C25H19ClN4O4. The van der Waals surface area contributed by atoms with Gasteiger partial charge in [0, 0.05) is 22.3 Å². The first-order valence-electron chi connectivity index (χ1n) is 10.1. The van der Waals surface area contributed by atoms with Crippen LogP contribution in [-0.2, 0) is 5.72 Å². The Labute approximate surface area is 200 Å². The molecule has 1 atom stereocenters. The summed E-state index contributed by atoms with van der Waals surface area (Å²) in [5.74, 6) is 2.31. The molecule has 0 spiro atoms. The third-order valence-corrected chi connectivity index (χ3v) is 5.87. The van der Waals surface area contributed by atoms with E-state index in [1.807, 2.05) is 6.92 Å². The predicted molar refractivity (Wildman–Crippen MR) is 130 cm³/mol. The number of nitrogens with zero attached hydrogens (tertiary/aromatic N) is 2. The number of carbonyl (C=O) groups is 2. The number of anilines is 2. The quantitative estimate of drug-likeness (QED) is 0.331. The maximum absolute atomic E-state index is 13.5. The number of benzene rings is 3. The molecule has 1 unspecified atom stereocenters. The van der Waals surface area contributed by atoms with E-state index in [9.17, 15) is 14.7 Å². The zero-order chi connectivity index (χ0) is 23.3. The number of carboxylic acid groups (broad SMARTS) is 1. The van der Waals surface area contributed by atoms with Gasteiger partial charge < -0.3 is 15.2 Å². The number of terminal acetylenes is 1. The van der Waals surface area contributed by atoms with Crippen molar-refractivity contribution < 1.29 is 19.8 Å². The first-order chi connectivity index (χ1) is 15.8. The third-order valence-electron chi connectivity index (χ3n) is 5.87. The van der Waals surface area contributed by atoms with Crippen molar-refractivity contribution in [3.63, 3.8) is 0 Å². The van der Waals surface area contributed by atoms with E-state index in [-0.39, 0.29) is 24.3 Å². The summed E-state index contributed by atoms with van der Waals surface area (Å²) in [7, 11) is 0. The maximum atomic E-state index is 13.5. The van der Waals surface area contributed by atoms with Crippen molar-refractivity contribution in [2.45, 2.75) is 12.6 Å². The lowest BCUT2D eigenvalue weighted by atomic mass is 9.92. The van der Waals surface area contributed by atoms with Crippen LogP contribution in [0, 0.1) is 19.3 Å². The number of fused-ring (bicyclic) bond motifs is 2. The van der Waals surface area contributed by atoms with Crippen LogP contribution in [0.25, 0.3) is 11.0 Å². The first kappa shape index (κ1) is 22.9. The SMILES string of the molecule is C#Cc1cccc(N2C(=O)c3ccccc3C2(O)c2ccc3[nH]c(NC(=O)O)nc3c2)c1C.Cl. The lowest BCUT2D eigenvalue weighted by molar-refractivity contribution is 0.0703. The Morgan fingerprint density at radius 3 is 2.68 bits per heavy atom. The maximum Gasteiger partial charge on any atom is 0.411 e. The summed E-state index contributed by atoms with van der Waals surface area (Å²) >= 11 is 0. The van der Waals surface area contributed by atoms with Gasteiger partial charge in [-0.25, -0.2) is 9.78 Å². The lowest BCUT2D eigenvalue weighted by Crippen LogP contribution is -2.45. The van der Waals surface area contributed by atoms with Crippen molar-refractivity contribution in [2.24, 2.45) is 0 Å². The Morgan fingerprint density at radius 2 is 1.94 bits per heavy atom. The number of aliphatic hydroxyl groups is 1. The van der Waals surface area contributed by atoms with Crippen LogP contribution < -0.4 is 10.2 Å². The average Bonchev–Trinajstić information content (AvgIpc) is 3.30. The minimum Gasteiger partial charge on any atom is -0.465 e. The van der Waals surface area contributed by atoms with E-state index in [0.29, 0.717) is 44.5 Å². The zero-order valence-electron chi connectivity index (χ0n) is 17.9. The summed E-state index contributed by atoms with van der Waals surface area (Å²) in [6, 6.07) is 17.1. The van der Waals surface area contributed by atoms with Gasteiger partial charge >= 0.3 is 6.09 Å². The monoisotopic (exact) mass is 474 g/mol. The molecule has 9 heteroatoms. The van der Waals surface area contributed by atoms with E-state index < -0.39 is 11.8 Å². The third kappa shape index (κ3) is 3.27. The Balaban J connectivity index is 0.00000274. The van der Waals surface area contributed by atoms with Crippen LogP contribution in [0.1, 0.15) is 32.6 Å². The molecule has 0 bridgehead atoms. The zero-order valence-corrected chi connectivity index (χ0v) is 18.7. The van der Waals surface area contributed by atoms with Gasteiger partial charge in [0.25, 0.3) is 5.91 Å². The average molecular weight is 475 g/mol. The van der Waals surface area contributed by atoms with Crippen LogP contribution in [0.2, 0.25) is 0 Å². The fourth-order valence-corrected chi connectivity index (χ4v) is 4.33. The molecule has 2 amide bonds. The number of H-pyrrole nitrogens is 1. The Morgan fingerprint density at radius 1 is 1.18 bits per heavy atom. The second kappa shape index (κ2) is 8.23. The summed E-state index contributed by atoms with van der Waals surface area (Å²) in [6.07, 6.45) is 4.39. The molecule has 1 aliphatic rings. The summed E-state index contributed by atoms with van der Waals surface area (Å²) in [5, 5.41) is 23.3. The standard InChI is InChI=1S/C25H18N4O4.ClH/c1-3-15-7-6-10-21(14(15)2)29-22(30)17-8-4-5-9-18(17)25(29,33)16-11-12-19-20(13-16)27-23(26-19)28-24(31)32;/h1,4-13,33H,2H3,(H,31,32)(H2,26,27,28);1H. The number of hydrogen-bond donors (Lipinski definition) is 4. The van der Waals surface area contributed by atoms with Gasteiger partial charge in [0.15, 0.2) is 5.72 Å². The van der Waals surface area contributed by atoms with Gasteiger partial charge in [0.1, 0.15) is 0 Å². The number of imidazole rings is 1. The summed E-state index contributed by atoms with van der Waals surface area (Å²) < 4.78 is 0. The van der Waals surface area contributed by atoms with Crippen molar-refractivity contribution in [1.82, 2.24) is 9.97 Å². The smallest absolute Gasteiger partial charge is 0.411 e. The Hall–Kier alpha value is -4.32. The van der Waals surface area contributed by atoms with Crippen LogP contribution in [0.5, 0.6) is 0 Å². The van der Waals surface area contributed by atoms with Crippen molar-refractivity contribution in [3.05, 3.63) is 88.5 Å². The molecule has 0 fully saturated rings. The largest absolute Gasteiger partial charge is 0.465 e. The molecule has 3 aromatic carbocycles. The highest BCUT2D eigenvalue weighted by molar-refractivity contribution is 6.13. The van der Waals surface area contributed by atoms with Gasteiger partial charge in [0.2, 0.25) is 5.95 Å². The van der Waals surface area contributed by atoms with Crippen molar-refractivity contribution in [2.75, 3.05) is 10.2 Å². The second-order valence-electron chi connectivity index (χ2n) is 7.70. The van der Waals surface area contributed by atoms with Crippen LogP contribution in [-0.4, -0.2) is 32.2 Å². The summed E-state index contributed by atoms with van der Waals surface area (Å²) in [5.41, 5.74) is 2.16. The van der Waals surface area contributed by atoms with Crippen LogP contribution in [0.15, 0.2) is 60.7 Å². The van der Waals surface area contributed by atoms with Crippen LogP contribution in [0.3, 0.4) is 0 Å². The van der Waals surface area contributed by atoms with Crippen LogP contribution in [0.4, 0.5) is 16.4 Å². The van der Waals surface area contributed by atoms with E-state index in [1.54, 1.807) is 60.7 Å². The number of aromatic nitrogens is 2. The van der Waals surface area contributed by atoms with Gasteiger partial charge in [-0.3, -0.25) is 15.0 Å². The highest BCUT2D eigenvalue weighted by Gasteiger charge is 2.51. The van der Waals surface area contributed by atoms with E-state index >= 15 is 0 Å². The molecule has 0 saturated heterocycles. The fraction of sp³-hybridized carbons (Fsp3) is 0.0800. The van der Waals surface area contributed by atoms with Gasteiger partial charge in [-0.05, 0) is 42.8 Å². The molecule has 34 heavy (non-hydrogen) atoms. The molecule has 0 aliphatic carbocycles. The molecule has 0 radical (unpaired) electrons. The van der Waals surface area contributed by atoms with Crippen molar-refractivity contribution in [3.8, 4) is 12.3 Å². The minimum absolute atomic E-state index is 0. The summed E-state index contributed by atoms with van der Waals surface area (Å²) in [6.45, 7) is 1.81.